The average Bonchev–Trinajstić information content (AvgIpc) is 3.37. The highest BCUT2D eigenvalue weighted by atomic mass is 32.2. The number of benzene rings is 1. The molecule has 0 bridgehead atoms. The zero-order valence-corrected chi connectivity index (χ0v) is 25.4. The number of imidazole rings is 1. The Bertz CT molecular complexity index is 1620. The van der Waals surface area contributed by atoms with Gasteiger partial charge in [-0.05, 0) is 76.2 Å². The van der Waals surface area contributed by atoms with Gasteiger partial charge in [0, 0.05) is 36.7 Å². The summed E-state index contributed by atoms with van der Waals surface area (Å²) in [5, 5.41) is 0. The third-order valence-corrected chi connectivity index (χ3v) is 9.76. The zero-order valence-electron chi connectivity index (χ0n) is 24.6. The Kier molecular flexibility index (Phi) is 9.93. The molecule has 3 heterocycles. The molecule has 0 unspecified atom stereocenters. The summed E-state index contributed by atoms with van der Waals surface area (Å²) in [6, 6.07) is 7.69. The van der Waals surface area contributed by atoms with Crippen LogP contribution in [0.5, 0.6) is 5.88 Å². The summed E-state index contributed by atoms with van der Waals surface area (Å²) in [6.45, 7) is 5.71. The molecule has 0 radical (unpaired) electrons. The van der Waals surface area contributed by atoms with Gasteiger partial charge in [-0.1, -0.05) is 19.4 Å². The number of H-pyrrole nitrogens is 1. The van der Waals surface area contributed by atoms with E-state index in [9.17, 15) is 18.0 Å². The molecule has 1 aromatic carbocycles. The van der Waals surface area contributed by atoms with Crippen molar-refractivity contribution in [3.63, 3.8) is 0 Å². The number of ether oxygens (including phenoxy) is 1. The zero-order chi connectivity index (χ0) is 30.4. The number of nitrogens with two attached hydrogens (primary N) is 1. The Morgan fingerprint density at radius 1 is 1.14 bits per heavy atom. The van der Waals surface area contributed by atoms with Gasteiger partial charge < -0.3 is 20.0 Å². The summed E-state index contributed by atoms with van der Waals surface area (Å²) >= 11 is 0. The van der Waals surface area contributed by atoms with Crippen molar-refractivity contribution in [2.45, 2.75) is 69.2 Å². The van der Waals surface area contributed by atoms with E-state index in [1.807, 2.05) is 17.6 Å². The maximum atomic E-state index is 13.4. The lowest BCUT2D eigenvalue weighted by Gasteiger charge is -2.28. The number of hydrogen-bond acceptors (Lipinski definition) is 7. The SMILES string of the molecule is CCCNS(=O)(=O)c1cccc(C(=O)/N=c2\[nH]c3cnc(OCCN4CCCCC4)cc3n2C2CCC(C(N)=O)CC2)c1. The van der Waals surface area contributed by atoms with Crippen molar-refractivity contribution in [2.24, 2.45) is 16.6 Å². The number of nitrogens with one attached hydrogen (secondary N) is 2. The predicted molar refractivity (Wildman–Crippen MR) is 162 cm³/mol. The van der Waals surface area contributed by atoms with Crippen molar-refractivity contribution in [3.05, 3.63) is 47.7 Å². The Hall–Kier alpha value is -3.55. The Morgan fingerprint density at radius 3 is 2.63 bits per heavy atom. The largest absolute Gasteiger partial charge is 0.476 e. The number of amides is 2. The van der Waals surface area contributed by atoms with Crippen LogP contribution in [0.25, 0.3) is 11.0 Å². The van der Waals surface area contributed by atoms with Gasteiger partial charge in [-0.3, -0.25) is 14.5 Å². The number of hydrogen-bond donors (Lipinski definition) is 3. The van der Waals surface area contributed by atoms with E-state index in [0.29, 0.717) is 62.3 Å². The fraction of sp³-hybridized carbons (Fsp3) is 0.533. The fourth-order valence-corrected chi connectivity index (χ4v) is 7.08. The monoisotopic (exact) mass is 611 g/mol. The molecule has 43 heavy (non-hydrogen) atoms. The molecular formula is C30H41N7O5S. The molecule has 4 N–H and O–H groups in total. The van der Waals surface area contributed by atoms with Crippen molar-refractivity contribution < 1.29 is 22.7 Å². The number of aromatic amines is 1. The third-order valence-electron chi connectivity index (χ3n) is 8.30. The number of pyridine rings is 1. The van der Waals surface area contributed by atoms with E-state index in [1.54, 1.807) is 12.3 Å². The van der Waals surface area contributed by atoms with Crippen molar-refractivity contribution in [1.29, 1.82) is 0 Å². The van der Waals surface area contributed by atoms with Gasteiger partial charge >= 0.3 is 0 Å². The van der Waals surface area contributed by atoms with Gasteiger partial charge in [0.2, 0.25) is 27.4 Å². The molecule has 1 aliphatic carbocycles. The van der Waals surface area contributed by atoms with Crippen LogP contribution >= 0.6 is 0 Å². The number of fused-ring (bicyclic) bond motifs is 1. The molecule has 0 spiro atoms. The number of likely N-dealkylation sites (tertiary alicyclic amines) is 1. The lowest BCUT2D eigenvalue weighted by atomic mass is 9.85. The first-order valence-corrected chi connectivity index (χ1v) is 16.7. The number of rotatable bonds is 11. The molecule has 12 nitrogen and oxygen atoms in total. The average molecular weight is 612 g/mol. The van der Waals surface area contributed by atoms with E-state index in [2.05, 4.69) is 24.6 Å². The maximum Gasteiger partial charge on any atom is 0.280 e. The van der Waals surface area contributed by atoms with E-state index < -0.39 is 15.9 Å². The fourth-order valence-electron chi connectivity index (χ4n) is 5.90. The minimum absolute atomic E-state index is 0.00633. The van der Waals surface area contributed by atoms with Gasteiger partial charge in [0.15, 0.2) is 0 Å². The molecule has 232 valence electrons. The Morgan fingerprint density at radius 2 is 1.91 bits per heavy atom. The van der Waals surface area contributed by atoms with Crippen LogP contribution in [0.2, 0.25) is 0 Å². The topological polar surface area (TPSA) is 165 Å². The first-order valence-electron chi connectivity index (χ1n) is 15.2. The molecular weight excluding hydrogens is 570 g/mol. The quantitative estimate of drug-likeness (QED) is 0.300. The number of piperidine rings is 1. The molecule has 0 atom stereocenters. The molecule has 2 amide bonds. The summed E-state index contributed by atoms with van der Waals surface area (Å²) in [6.07, 6.45) is 8.68. The normalized spacial score (nSPS) is 20.3. The van der Waals surface area contributed by atoms with Crippen LogP contribution in [0.15, 0.2) is 46.4 Å². The second-order valence-electron chi connectivity index (χ2n) is 11.4. The Balaban J connectivity index is 1.46. The van der Waals surface area contributed by atoms with Crippen molar-refractivity contribution in [1.82, 2.24) is 24.2 Å². The second-order valence-corrected chi connectivity index (χ2v) is 13.1. The van der Waals surface area contributed by atoms with Gasteiger partial charge in [0.1, 0.15) is 6.61 Å². The number of nitrogens with zero attached hydrogens (tertiary/aromatic N) is 4. The first-order chi connectivity index (χ1) is 20.7. The van der Waals surface area contributed by atoms with Crippen LogP contribution in [0.3, 0.4) is 0 Å². The van der Waals surface area contributed by atoms with Crippen LogP contribution < -0.4 is 20.8 Å². The predicted octanol–water partition coefficient (Wildman–Crippen LogP) is 2.88. The van der Waals surface area contributed by atoms with Gasteiger partial charge in [-0.15, -0.1) is 0 Å². The van der Waals surface area contributed by atoms with E-state index in [4.69, 9.17) is 10.5 Å². The number of carbonyl (C=O) groups excluding carboxylic acids is 2. The summed E-state index contributed by atoms with van der Waals surface area (Å²) in [4.78, 5) is 39.7. The minimum atomic E-state index is -3.75. The van der Waals surface area contributed by atoms with E-state index in [-0.39, 0.29) is 28.3 Å². The summed E-state index contributed by atoms with van der Waals surface area (Å²) in [7, 11) is -3.75. The summed E-state index contributed by atoms with van der Waals surface area (Å²) in [5.41, 5.74) is 7.54. The van der Waals surface area contributed by atoms with E-state index >= 15 is 0 Å². The molecule has 13 heteroatoms. The van der Waals surface area contributed by atoms with Crippen LogP contribution in [-0.4, -0.2) is 72.5 Å². The van der Waals surface area contributed by atoms with Crippen molar-refractivity contribution >= 4 is 32.9 Å². The van der Waals surface area contributed by atoms with Gasteiger partial charge in [0.05, 0.1) is 22.1 Å². The molecule has 1 saturated heterocycles. The maximum absolute atomic E-state index is 13.4. The highest BCUT2D eigenvalue weighted by Crippen LogP contribution is 2.33. The highest BCUT2D eigenvalue weighted by Gasteiger charge is 2.28. The van der Waals surface area contributed by atoms with Crippen LogP contribution in [-0.2, 0) is 14.8 Å². The molecule has 3 aromatic rings. The van der Waals surface area contributed by atoms with Gasteiger partial charge in [0.25, 0.3) is 5.91 Å². The summed E-state index contributed by atoms with van der Waals surface area (Å²) in [5.74, 6) is -0.562. The summed E-state index contributed by atoms with van der Waals surface area (Å²) < 4.78 is 35.9. The van der Waals surface area contributed by atoms with Crippen molar-refractivity contribution in [2.75, 3.05) is 32.8 Å². The number of sulfonamides is 1. The van der Waals surface area contributed by atoms with Crippen molar-refractivity contribution in [3.8, 4) is 5.88 Å². The molecule has 5 rings (SSSR count). The van der Waals surface area contributed by atoms with Crippen LogP contribution in [0.1, 0.15) is 74.7 Å². The number of aromatic nitrogens is 3. The molecule has 2 fully saturated rings. The first kappa shape index (κ1) is 30.9. The molecule has 2 aromatic heterocycles. The van der Waals surface area contributed by atoms with Gasteiger partial charge in [-0.25, -0.2) is 18.1 Å². The number of primary amides is 1. The van der Waals surface area contributed by atoms with E-state index in [1.165, 1.54) is 37.5 Å². The van der Waals surface area contributed by atoms with E-state index in [0.717, 1.165) is 25.2 Å². The molecule has 1 aliphatic heterocycles. The molecule has 1 saturated carbocycles. The van der Waals surface area contributed by atoms with Crippen LogP contribution in [0.4, 0.5) is 0 Å². The smallest absolute Gasteiger partial charge is 0.280 e. The third kappa shape index (κ3) is 7.51. The van der Waals surface area contributed by atoms with Gasteiger partial charge in [-0.2, -0.15) is 4.99 Å². The lowest BCUT2D eigenvalue weighted by Crippen LogP contribution is -2.33. The Labute approximate surface area is 251 Å². The standard InChI is InChI=1S/C30H41N7O5S/c1-2-13-33-43(40,41)24-8-6-7-22(18-24)29(39)35-30-34-25-20-32-27(42-17-16-36-14-4-3-5-15-36)19-26(25)37(30)23-11-9-21(10-12-23)28(31)38/h6-8,18-21,23,33H,2-5,9-17H2,1H3,(H2,31,38)(H,34,35,39). The minimum Gasteiger partial charge on any atom is -0.476 e. The number of carbonyl (C=O) groups is 2. The molecule has 2 aliphatic rings. The highest BCUT2D eigenvalue weighted by molar-refractivity contribution is 7.89. The van der Waals surface area contributed by atoms with Crippen LogP contribution in [0, 0.1) is 5.92 Å². The second kappa shape index (κ2) is 13.8. The lowest BCUT2D eigenvalue weighted by molar-refractivity contribution is -0.122.